The summed E-state index contributed by atoms with van der Waals surface area (Å²) in [6, 6.07) is 5.50. The summed E-state index contributed by atoms with van der Waals surface area (Å²) in [7, 11) is 0. The number of carbonyl (C=O) groups is 1. The fourth-order valence-electron chi connectivity index (χ4n) is 3.89. The van der Waals surface area contributed by atoms with Crippen LogP contribution in [0.4, 0.5) is 0 Å². The van der Waals surface area contributed by atoms with E-state index in [1.165, 1.54) is 0 Å². The Labute approximate surface area is 148 Å². The Kier molecular flexibility index (Phi) is 4.81. The first kappa shape index (κ1) is 16.7. The van der Waals surface area contributed by atoms with Gasteiger partial charge in [-0.2, -0.15) is 0 Å². The van der Waals surface area contributed by atoms with Gasteiger partial charge in [0.15, 0.2) is 11.5 Å². The van der Waals surface area contributed by atoms with Crippen LogP contribution in [0, 0.1) is 5.92 Å². The van der Waals surface area contributed by atoms with Crippen molar-refractivity contribution in [2.75, 3.05) is 52.5 Å². The number of fused-ring (bicyclic) bond motifs is 2. The van der Waals surface area contributed by atoms with Crippen molar-refractivity contribution in [2.45, 2.75) is 19.4 Å². The van der Waals surface area contributed by atoms with E-state index in [2.05, 4.69) is 11.8 Å². The molecule has 3 heterocycles. The molecule has 3 aliphatic heterocycles. The van der Waals surface area contributed by atoms with Gasteiger partial charge in [0, 0.05) is 44.1 Å². The zero-order valence-corrected chi connectivity index (χ0v) is 14.8. The molecule has 1 amide bonds. The molecule has 0 aromatic heterocycles. The van der Waals surface area contributed by atoms with Crippen LogP contribution in [-0.2, 0) is 4.74 Å². The van der Waals surface area contributed by atoms with Gasteiger partial charge >= 0.3 is 0 Å². The van der Waals surface area contributed by atoms with Gasteiger partial charge in [-0.25, -0.2) is 0 Å². The lowest BCUT2D eigenvalue weighted by atomic mass is 10.1. The first-order valence-corrected chi connectivity index (χ1v) is 9.27. The molecule has 4 rings (SSSR count). The molecule has 2 fully saturated rings. The zero-order valence-electron chi connectivity index (χ0n) is 14.8. The molecule has 6 heteroatoms. The lowest BCUT2D eigenvalue weighted by Crippen LogP contribution is -2.33. The molecule has 0 spiro atoms. The summed E-state index contributed by atoms with van der Waals surface area (Å²) in [6.07, 6.45) is 1.01. The minimum absolute atomic E-state index is 0.0513. The van der Waals surface area contributed by atoms with Gasteiger partial charge in [0.05, 0.1) is 25.9 Å². The van der Waals surface area contributed by atoms with E-state index in [0.717, 1.165) is 45.0 Å². The fraction of sp³-hybridized carbons (Fsp3) is 0.632. The van der Waals surface area contributed by atoms with Crippen molar-refractivity contribution in [2.24, 2.45) is 5.92 Å². The molecule has 0 unspecified atom stereocenters. The number of nitrogens with zero attached hydrogens (tertiary/aromatic N) is 2. The predicted molar refractivity (Wildman–Crippen MR) is 93.3 cm³/mol. The Balaban J connectivity index is 1.47. The molecule has 2 saturated heterocycles. The number of likely N-dealkylation sites (tertiary alicyclic amines) is 1. The Morgan fingerprint density at radius 3 is 2.80 bits per heavy atom. The highest BCUT2D eigenvalue weighted by atomic mass is 16.5. The van der Waals surface area contributed by atoms with E-state index in [1.807, 2.05) is 23.1 Å². The summed E-state index contributed by atoms with van der Waals surface area (Å²) in [5.74, 6) is 1.84. The monoisotopic (exact) mass is 346 g/mol. The van der Waals surface area contributed by atoms with Crippen LogP contribution in [0.5, 0.6) is 11.5 Å². The van der Waals surface area contributed by atoms with Gasteiger partial charge in [-0.05, 0) is 24.7 Å². The number of carbonyl (C=O) groups excluding carboxylic acids is 1. The van der Waals surface area contributed by atoms with Crippen molar-refractivity contribution in [3.63, 3.8) is 0 Å². The van der Waals surface area contributed by atoms with Crippen LogP contribution in [0.2, 0.25) is 0 Å². The van der Waals surface area contributed by atoms with Crippen molar-refractivity contribution >= 4 is 5.91 Å². The largest absolute Gasteiger partial charge is 0.490 e. The van der Waals surface area contributed by atoms with Crippen LogP contribution in [0.3, 0.4) is 0 Å². The van der Waals surface area contributed by atoms with Gasteiger partial charge in [0.2, 0.25) is 0 Å². The highest BCUT2D eigenvalue weighted by Gasteiger charge is 2.38. The molecule has 1 aromatic rings. The number of amides is 1. The third-order valence-corrected chi connectivity index (χ3v) is 5.34. The van der Waals surface area contributed by atoms with Crippen LogP contribution in [0.15, 0.2) is 18.2 Å². The Hall–Kier alpha value is -1.79. The van der Waals surface area contributed by atoms with Crippen LogP contribution in [0.25, 0.3) is 0 Å². The fourth-order valence-corrected chi connectivity index (χ4v) is 3.89. The van der Waals surface area contributed by atoms with Crippen molar-refractivity contribution in [3.8, 4) is 11.5 Å². The van der Waals surface area contributed by atoms with Gasteiger partial charge < -0.3 is 24.0 Å². The molecular formula is C19H26N2O4. The number of hydrogen-bond acceptors (Lipinski definition) is 5. The van der Waals surface area contributed by atoms with E-state index < -0.39 is 0 Å². The Bertz CT molecular complexity index is 636. The second kappa shape index (κ2) is 7.22. The third-order valence-electron chi connectivity index (χ3n) is 5.34. The molecule has 0 bridgehead atoms. The van der Waals surface area contributed by atoms with Crippen LogP contribution in [-0.4, -0.2) is 74.4 Å². The van der Waals surface area contributed by atoms with E-state index in [0.29, 0.717) is 37.0 Å². The topological polar surface area (TPSA) is 51.2 Å². The highest BCUT2D eigenvalue weighted by molar-refractivity contribution is 5.95. The van der Waals surface area contributed by atoms with Crippen molar-refractivity contribution in [1.29, 1.82) is 0 Å². The van der Waals surface area contributed by atoms with E-state index in [1.54, 1.807) is 0 Å². The van der Waals surface area contributed by atoms with Crippen LogP contribution >= 0.6 is 0 Å². The molecule has 136 valence electrons. The summed E-state index contributed by atoms with van der Waals surface area (Å²) >= 11 is 0. The average Bonchev–Trinajstić information content (AvgIpc) is 2.80. The molecule has 25 heavy (non-hydrogen) atoms. The van der Waals surface area contributed by atoms with Crippen molar-refractivity contribution < 1.29 is 19.0 Å². The third kappa shape index (κ3) is 3.46. The van der Waals surface area contributed by atoms with Gasteiger partial charge in [0.25, 0.3) is 5.91 Å². The number of rotatable bonds is 2. The standard InChI is InChI=1S/C19H26N2O4/c1-2-20-6-9-25-18-13-21(12-15(18)11-20)19(22)14-4-5-16-17(10-14)24-8-3-7-23-16/h4-5,10,15,18H,2-3,6-9,11-13H2,1H3/t15-,18+/m0/s1. The van der Waals surface area contributed by atoms with E-state index in [4.69, 9.17) is 14.2 Å². The zero-order chi connectivity index (χ0) is 17.2. The summed E-state index contributed by atoms with van der Waals surface area (Å²) in [4.78, 5) is 17.3. The lowest BCUT2D eigenvalue weighted by molar-refractivity contribution is 0.0485. The molecule has 6 nitrogen and oxygen atoms in total. The summed E-state index contributed by atoms with van der Waals surface area (Å²) in [5.41, 5.74) is 0.660. The van der Waals surface area contributed by atoms with E-state index in [-0.39, 0.29) is 12.0 Å². The van der Waals surface area contributed by atoms with E-state index >= 15 is 0 Å². The Morgan fingerprint density at radius 2 is 1.96 bits per heavy atom. The number of benzene rings is 1. The van der Waals surface area contributed by atoms with Crippen molar-refractivity contribution in [1.82, 2.24) is 9.80 Å². The molecule has 0 radical (unpaired) electrons. The van der Waals surface area contributed by atoms with Crippen molar-refractivity contribution in [3.05, 3.63) is 23.8 Å². The molecule has 0 aliphatic carbocycles. The number of hydrogen-bond donors (Lipinski definition) is 0. The van der Waals surface area contributed by atoms with Gasteiger partial charge in [-0.1, -0.05) is 6.92 Å². The molecular weight excluding hydrogens is 320 g/mol. The second-order valence-corrected chi connectivity index (χ2v) is 6.98. The first-order valence-electron chi connectivity index (χ1n) is 9.27. The molecule has 0 saturated carbocycles. The molecule has 2 atom stereocenters. The number of ether oxygens (including phenoxy) is 3. The first-order chi connectivity index (χ1) is 12.2. The smallest absolute Gasteiger partial charge is 0.254 e. The highest BCUT2D eigenvalue weighted by Crippen LogP contribution is 2.32. The predicted octanol–water partition coefficient (Wildman–Crippen LogP) is 1.64. The normalized spacial score (nSPS) is 26.7. The van der Waals surface area contributed by atoms with Gasteiger partial charge in [-0.3, -0.25) is 4.79 Å². The van der Waals surface area contributed by atoms with Gasteiger partial charge in [0.1, 0.15) is 0 Å². The van der Waals surface area contributed by atoms with E-state index in [9.17, 15) is 4.79 Å². The SMILES string of the molecule is CCN1CCO[C@@H]2CN(C(=O)c3ccc4c(c3)OCCCO4)C[C@@H]2C1. The summed E-state index contributed by atoms with van der Waals surface area (Å²) < 4.78 is 17.4. The van der Waals surface area contributed by atoms with Crippen LogP contribution in [0.1, 0.15) is 23.7 Å². The van der Waals surface area contributed by atoms with Gasteiger partial charge in [-0.15, -0.1) is 0 Å². The maximum Gasteiger partial charge on any atom is 0.254 e. The molecule has 0 N–H and O–H groups in total. The lowest BCUT2D eigenvalue weighted by Gasteiger charge is -2.21. The Morgan fingerprint density at radius 1 is 1.12 bits per heavy atom. The summed E-state index contributed by atoms with van der Waals surface area (Å²) in [6.45, 7) is 8.66. The maximum absolute atomic E-state index is 13.0. The minimum Gasteiger partial charge on any atom is -0.490 e. The quantitative estimate of drug-likeness (QED) is 0.815. The molecule has 1 aromatic carbocycles. The summed E-state index contributed by atoms with van der Waals surface area (Å²) in [5, 5.41) is 0. The second-order valence-electron chi connectivity index (χ2n) is 6.98. The number of likely N-dealkylation sites (N-methyl/N-ethyl adjacent to an activating group) is 1. The minimum atomic E-state index is 0.0513. The maximum atomic E-state index is 13.0. The average molecular weight is 346 g/mol. The van der Waals surface area contributed by atoms with Crippen LogP contribution < -0.4 is 9.47 Å². The molecule has 3 aliphatic rings.